The van der Waals surface area contributed by atoms with Crippen LogP contribution in [0.2, 0.25) is 0 Å². The minimum absolute atomic E-state index is 0.0985. The fourth-order valence-electron chi connectivity index (χ4n) is 3.16. The smallest absolute Gasteiger partial charge is 0.306 e. The van der Waals surface area contributed by atoms with Crippen LogP contribution in [0.4, 0.5) is 0 Å². The Bertz CT molecular complexity index is 756. The molecule has 0 spiro atoms. The number of hydrogen-bond acceptors (Lipinski definition) is 5. The van der Waals surface area contributed by atoms with E-state index in [1.54, 1.807) is 30.2 Å². The first-order valence-electron chi connectivity index (χ1n) is 7.88. The second-order valence-corrected chi connectivity index (χ2v) is 6.14. The second-order valence-electron chi connectivity index (χ2n) is 6.14. The number of carbonyl (C=O) groups is 2. The number of carboxylic acid groups (broad SMARTS) is 1. The Morgan fingerprint density at radius 3 is 2.79 bits per heavy atom. The lowest BCUT2D eigenvalue weighted by molar-refractivity contribution is -0.145. The van der Waals surface area contributed by atoms with Gasteiger partial charge in [-0.05, 0) is 31.4 Å². The van der Waals surface area contributed by atoms with Crippen LogP contribution in [0.3, 0.4) is 0 Å². The molecule has 2 aromatic rings. The monoisotopic (exact) mass is 329 g/mol. The molecule has 7 nitrogen and oxygen atoms in total. The van der Waals surface area contributed by atoms with E-state index < -0.39 is 11.9 Å². The Morgan fingerprint density at radius 2 is 2.17 bits per heavy atom. The average molecular weight is 329 g/mol. The van der Waals surface area contributed by atoms with Gasteiger partial charge in [0.05, 0.1) is 11.6 Å². The minimum atomic E-state index is -0.801. The molecule has 1 aliphatic heterocycles. The number of hydrogen-bond donors (Lipinski definition) is 1. The molecule has 1 aliphatic rings. The van der Waals surface area contributed by atoms with Crippen molar-refractivity contribution in [2.75, 3.05) is 13.1 Å². The maximum Gasteiger partial charge on any atom is 0.306 e. The number of carboxylic acids is 1. The first-order chi connectivity index (χ1) is 11.5. The van der Waals surface area contributed by atoms with Crippen molar-refractivity contribution in [2.45, 2.75) is 20.3 Å². The van der Waals surface area contributed by atoms with E-state index in [4.69, 9.17) is 4.52 Å². The van der Waals surface area contributed by atoms with E-state index in [2.05, 4.69) is 10.1 Å². The van der Waals surface area contributed by atoms with E-state index in [-0.39, 0.29) is 11.8 Å². The minimum Gasteiger partial charge on any atom is -0.481 e. The molecule has 3 heterocycles. The highest BCUT2D eigenvalue weighted by atomic mass is 16.5. The summed E-state index contributed by atoms with van der Waals surface area (Å²) in [7, 11) is 0. The summed E-state index contributed by atoms with van der Waals surface area (Å²) < 4.78 is 5.22. The molecule has 1 amide bonds. The second kappa shape index (κ2) is 6.43. The van der Waals surface area contributed by atoms with Gasteiger partial charge in [-0.3, -0.25) is 14.6 Å². The predicted octanol–water partition coefficient (Wildman–Crippen LogP) is 2.23. The number of carbonyl (C=O) groups excluding carboxylic acids is 1. The highest BCUT2D eigenvalue weighted by molar-refractivity contribution is 6.00. The van der Waals surface area contributed by atoms with Crippen LogP contribution in [0.15, 0.2) is 28.9 Å². The summed E-state index contributed by atoms with van der Waals surface area (Å²) in [5.41, 5.74) is 1.40. The van der Waals surface area contributed by atoms with Crippen LogP contribution in [-0.4, -0.2) is 45.1 Å². The molecule has 24 heavy (non-hydrogen) atoms. The van der Waals surface area contributed by atoms with Gasteiger partial charge in [-0.15, -0.1) is 0 Å². The van der Waals surface area contributed by atoms with E-state index in [0.717, 1.165) is 0 Å². The number of aliphatic carboxylic acids is 1. The van der Waals surface area contributed by atoms with Crippen molar-refractivity contribution in [3.63, 3.8) is 0 Å². The number of nitrogens with zero attached hydrogens (tertiary/aromatic N) is 3. The van der Waals surface area contributed by atoms with E-state index in [9.17, 15) is 14.7 Å². The SMILES string of the molecule is Cc1onc(-c2ccccn2)c1C(=O)N1CCC(C(=O)O)C(C)C1. The van der Waals surface area contributed by atoms with Crippen LogP contribution in [0.5, 0.6) is 0 Å². The van der Waals surface area contributed by atoms with Crippen molar-refractivity contribution in [2.24, 2.45) is 11.8 Å². The summed E-state index contributed by atoms with van der Waals surface area (Å²) in [6, 6.07) is 5.38. The molecule has 0 bridgehead atoms. The van der Waals surface area contributed by atoms with Crippen molar-refractivity contribution in [3.05, 3.63) is 35.7 Å². The molecule has 2 atom stereocenters. The molecule has 2 unspecified atom stereocenters. The number of aromatic nitrogens is 2. The molecule has 1 fully saturated rings. The Balaban J connectivity index is 1.87. The zero-order valence-corrected chi connectivity index (χ0v) is 13.6. The molecule has 7 heteroatoms. The lowest BCUT2D eigenvalue weighted by Gasteiger charge is -2.34. The molecule has 0 aromatic carbocycles. The Morgan fingerprint density at radius 1 is 1.38 bits per heavy atom. The summed E-state index contributed by atoms with van der Waals surface area (Å²) >= 11 is 0. The van der Waals surface area contributed by atoms with Gasteiger partial charge in [0.1, 0.15) is 17.0 Å². The van der Waals surface area contributed by atoms with Gasteiger partial charge >= 0.3 is 5.97 Å². The molecule has 1 N–H and O–H groups in total. The first kappa shape index (κ1) is 16.2. The summed E-state index contributed by atoms with van der Waals surface area (Å²) in [6.07, 6.45) is 2.08. The van der Waals surface area contributed by atoms with Crippen LogP contribution in [0.25, 0.3) is 11.4 Å². The van der Waals surface area contributed by atoms with Gasteiger partial charge in [0, 0.05) is 19.3 Å². The van der Waals surface area contributed by atoms with Crippen molar-refractivity contribution in [1.29, 1.82) is 0 Å². The number of pyridine rings is 1. The Labute approximate surface area is 139 Å². The highest BCUT2D eigenvalue weighted by Crippen LogP contribution is 2.29. The van der Waals surface area contributed by atoms with E-state index in [1.165, 1.54) is 0 Å². The molecule has 0 aliphatic carbocycles. The molecule has 3 rings (SSSR count). The maximum absolute atomic E-state index is 12.9. The van der Waals surface area contributed by atoms with Crippen molar-refractivity contribution in [1.82, 2.24) is 15.0 Å². The predicted molar refractivity (Wildman–Crippen MR) is 85.3 cm³/mol. The molecule has 1 saturated heterocycles. The quantitative estimate of drug-likeness (QED) is 0.927. The van der Waals surface area contributed by atoms with Gasteiger partial charge in [0.25, 0.3) is 5.91 Å². The summed E-state index contributed by atoms with van der Waals surface area (Å²) in [5, 5.41) is 13.2. The summed E-state index contributed by atoms with van der Waals surface area (Å²) in [6.45, 7) is 4.37. The number of amides is 1. The zero-order valence-electron chi connectivity index (χ0n) is 13.6. The van der Waals surface area contributed by atoms with Gasteiger partial charge in [-0.25, -0.2) is 0 Å². The highest BCUT2D eigenvalue weighted by Gasteiger charge is 2.35. The average Bonchev–Trinajstić information content (AvgIpc) is 2.96. The van der Waals surface area contributed by atoms with Crippen molar-refractivity contribution >= 4 is 11.9 Å². The number of piperidine rings is 1. The fourth-order valence-corrected chi connectivity index (χ4v) is 3.16. The Kier molecular flexibility index (Phi) is 4.33. The fraction of sp³-hybridized carbons (Fsp3) is 0.412. The van der Waals surface area contributed by atoms with Gasteiger partial charge in [-0.1, -0.05) is 18.1 Å². The zero-order chi connectivity index (χ0) is 17.3. The van der Waals surface area contributed by atoms with Crippen LogP contribution >= 0.6 is 0 Å². The standard InChI is InChI=1S/C17H19N3O4/c1-10-9-20(8-6-12(10)17(22)23)16(21)14-11(2)24-19-15(14)13-5-3-4-7-18-13/h3-5,7,10,12H,6,8-9H2,1-2H3,(H,22,23). The van der Waals surface area contributed by atoms with Crippen molar-refractivity contribution < 1.29 is 19.2 Å². The normalized spacial score (nSPS) is 20.8. The third kappa shape index (κ3) is 2.89. The largest absolute Gasteiger partial charge is 0.481 e. The molecule has 126 valence electrons. The van der Waals surface area contributed by atoms with Crippen molar-refractivity contribution in [3.8, 4) is 11.4 Å². The van der Waals surface area contributed by atoms with Crippen LogP contribution in [-0.2, 0) is 4.79 Å². The molecule has 0 saturated carbocycles. The van der Waals surface area contributed by atoms with Crippen LogP contribution in [0.1, 0.15) is 29.5 Å². The lowest BCUT2D eigenvalue weighted by atomic mass is 9.86. The number of likely N-dealkylation sites (tertiary alicyclic amines) is 1. The lowest BCUT2D eigenvalue weighted by Crippen LogP contribution is -2.45. The maximum atomic E-state index is 12.9. The summed E-state index contributed by atoms with van der Waals surface area (Å²) in [5.74, 6) is -1.06. The molecule has 0 radical (unpaired) electrons. The van der Waals surface area contributed by atoms with Gasteiger partial charge in [0.2, 0.25) is 0 Å². The van der Waals surface area contributed by atoms with E-state index in [1.807, 2.05) is 13.0 Å². The number of rotatable bonds is 3. The molecular formula is C17H19N3O4. The van der Waals surface area contributed by atoms with Gasteiger partial charge in [0.15, 0.2) is 0 Å². The van der Waals surface area contributed by atoms with Gasteiger partial charge in [-0.2, -0.15) is 0 Å². The Hall–Kier alpha value is -2.70. The first-order valence-corrected chi connectivity index (χ1v) is 7.88. The van der Waals surface area contributed by atoms with Gasteiger partial charge < -0.3 is 14.5 Å². The third-order valence-electron chi connectivity index (χ3n) is 4.49. The molecule has 2 aromatic heterocycles. The topological polar surface area (TPSA) is 96.5 Å². The van der Waals surface area contributed by atoms with E-state index in [0.29, 0.717) is 42.2 Å². The van der Waals surface area contributed by atoms with Crippen LogP contribution in [0, 0.1) is 18.8 Å². The third-order valence-corrected chi connectivity index (χ3v) is 4.49. The summed E-state index contributed by atoms with van der Waals surface area (Å²) in [4.78, 5) is 30.1. The molecular weight excluding hydrogens is 310 g/mol. The number of aryl methyl sites for hydroxylation is 1. The van der Waals surface area contributed by atoms with E-state index >= 15 is 0 Å². The van der Waals surface area contributed by atoms with Crippen LogP contribution < -0.4 is 0 Å².